The highest BCUT2D eigenvalue weighted by Gasteiger charge is 2.31. The van der Waals surface area contributed by atoms with Crippen LogP contribution in [0.1, 0.15) is 13.8 Å². The molecule has 0 aromatic heterocycles. The summed E-state index contributed by atoms with van der Waals surface area (Å²) in [7, 11) is 1.87. The van der Waals surface area contributed by atoms with Crippen LogP contribution in [-0.4, -0.2) is 55.0 Å². The van der Waals surface area contributed by atoms with Crippen LogP contribution in [0.25, 0.3) is 0 Å². The Labute approximate surface area is 86.0 Å². The Balaban J connectivity index is 2.64. The molecule has 1 aliphatic heterocycles. The van der Waals surface area contributed by atoms with Crippen LogP contribution in [0, 0.1) is 5.92 Å². The summed E-state index contributed by atoms with van der Waals surface area (Å²) in [4.78, 5) is 15.5. The van der Waals surface area contributed by atoms with Crippen molar-refractivity contribution in [2.45, 2.75) is 19.9 Å². The first kappa shape index (κ1) is 11.5. The smallest absolute Gasteiger partial charge is 0.236 e. The van der Waals surface area contributed by atoms with E-state index in [0.29, 0.717) is 25.0 Å². The van der Waals surface area contributed by atoms with E-state index in [9.17, 15) is 4.79 Å². The minimum Gasteiger partial charge on any atom is -0.343 e. The summed E-state index contributed by atoms with van der Waals surface area (Å²) in [6.07, 6.45) is 0. The van der Waals surface area contributed by atoms with Crippen molar-refractivity contribution < 1.29 is 4.79 Å². The van der Waals surface area contributed by atoms with Crippen LogP contribution in [0.4, 0.5) is 0 Å². The lowest BCUT2D eigenvalue weighted by Gasteiger charge is -2.41. The van der Waals surface area contributed by atoms with Gasteiger partial charge in [-0.1, -0.05) is 13.8 Å². The van der Waals surface area contributed by atoms with Crippen molar-refractivity contribution in [3.8, 4) is 0 Å². The van der Waals surface area contributed by atoms with Crippen LogP contribution < -0.4 is 5.73 Å². The lowest BCUT2D eigenvalue weighted by molar-refractivity contribution is -0.137. The third-order valence-corrected chi connectivity index (χ3v) is 2.88. The van der Waals surface area contributed by atoms with Crippen LogP contribution in [0.3, 0.4) is 0 Å². The average molecular weight is 199 g/mol. The highest BCUT2D eigenvalue weighted by Crippen LogP contribution is 2.16. The van der Waals surface area contributed by atoms with Gasteiger partial charge in [-0.05, 0) is 5.92 Å². The summed E-state index contributed by atoms with van der Waals surface area (Å²) in [6, 6.07) is 0.459. The second kappa shape index (κ2) is 4.75. The van der Waals surface area contributed by atoms with Gasteiger partial charge in [0.2, 0.25) is 5.91 Å². The van der Waals surface area contributed by atoms with Gasteiger partial charge in [0.25, 0.3) is 0 Å². The molecule has 2 N–H and O–H groups in total. The molecule has 1 unspecified atom stereocenters. The Kier molecular flexibility index (Phi) is 3.89. The van der Waals surface area contributed by atoms with Crippen LogP contribution in [0.2, 0.25) is 0 Å². The Morgan fingerprint density at radius 3 is 2.71 bits per heavy atom. The summed E-state index contributed by atoms with van der Waals surface area (Å²) in [6.45, 7) is 7.19. The molecular weight excluding hydrogens is 178 g/mol. The van der Waals surface area contributed by atoms with Crippen molar-refractivity contribution in [1.29, 1.82) is 0 Å². The molecule has 0 bridgehead atoms. The largest absolute Gasteiger partial charge is 0.343 e. The number of carbonyl (C=O) groups excluding carboxylic acids is 1. The predicted octanol–water partition coefficient (Wildman–Crippen LogP) is -0.256. The number of hydrogen-bond acceptors (Lipinski definition) is 3. The highest BCUT2D eigenvalue weighted by molar-refractivity contribution is 5.78. The monoisotopic (exact) mass is 199 g/mol. The Morgan fingerprint density at radius 1 is 1.57 bits per heavy atom. The molecule has 14 heavy (non-hydrogen) atoms. The summed E-state index contributed by atoms with van der Waals surface area (Å²) >= 11 is 0. The number of likely N-dealkylation sites (N-methyl/N-ethyl adjacent to an activating group) is 1. The SMILES string of the molecule is CC(C)C1CN(C)C(=O)CN1CCN. The third kappa shape index (κ3) is 2.45. The first-order valence-corrected chi connectivity index (χ1v) is 5.24. The van der Waals surface area contributed by atoms with E-state index in [1.807, 2.05) is 11.9 Å². The number of nitrogens with zero attached hydrogens (tertiary/aromatic N) is 2. The van der Waals surface area contributed by atoms with Crippen molar-refractivity contribution >= 4 is 5.91 Å². The molecule has 1 fully saturated rings. The minimum absolute atomic E-state index is 0.204. The van der Waals surface area contributed by atoms with Crippen molar-refractivity contribution in [3.63, 3.8) is 0 Å². The van der Waals surface area contributed by atoms with E-state index < -0.39 is 0 Å². The molecule has 0 aromatic rings. The number of hydrogen-bond donors (Lipinski definition) is 1. The zero-order valence-electron chi connectivity index (χ0n) is 9.36. The molecule has 0 radical (unpaired) electrons. The fourth-order valence-corrected chi connectivity index (χ4v) is 1.95. The molecule has 1 rings (SSSR count). The summed E-state index contributed by atoms with van der Waals surface area (Å²) < 4.78 is 0. The standard InChI is InChI=1S/C10H21N3O/c1-8(2)9-6-12(3)10(14)7-13(9)5-4-11/h8-9H,4-7,11H2,1-3H3. The Bertz CT molecular complexity index is 206. The van der Waals surface area contributed by atoms with Gasteiger partial charge in [0.1, 0.15) is 0 Å². The maximum absolute atomic E-state index is 11.5. The fourth-order valence-electron chi connectivity index (χ4n) is 1.95. The van der Waals surface area contributed by atoms with E-state index in [1.165, 1.54) is 0 Å². The molecule has 4 nitrogen and oxygen atoms in total. The zero-order chi connectivity index (χ0) is 10.7. The van der Waals surface area contributed by atoms with Crippen LogP contribution >= 0.6 is 0 Å². The van der Waals surface area contributed by atoms with Gasteiger partial charge in [-0.3, -0.25) is 9.69 Å². The van der Waals surface area contributed by atoms with Gasteiger partial charge in [-0.2, -0.15) is 0 Å². The van der Waals surface area contributed by atoms with Crippen molar-refractivity contribution in [2.24, 2.45) is 11.7 Å². The maximum atomic E-state index is 11.5. The van der Waals surface area contributed by atoms with E-state index in [1.54, 1.807) is 0 Å². The first-order chi connectivity index (χ1) is 6.56. The summed E-state index contributed by atoms with van der Waals surface area (Å²) in [5.74, 6) is 0.771. The van der Waals surface area contributed by atoms with E-state index in [0.717, 1.165) is 13.1 Å². The second-order valence-corrected chi connectivity index (χ2v) is 4.34. The van der Waals surface area contributed by atoms with Gasteiger partial charge in [-0.15, -0.1) is 0 Å². The van der Waals surface area contributed by atoms with E-state index in [2.05, 4.69) is 18.7 Å². The molecule has 1 saturated heterocycles. The van der Waals surface area contributed by atoms with E-state index >= 15 is 0 Å². The number of carbonyl (C=O) groups is 1. The molecule has 0 aliphatic carbocycles. The van der Waals surface area contributed by atoms with Crippen molar-refractivity contribution in [1.82, 2.24) is 9.80 Å². The quantitative estimate of drug-likeness (QED) is 0.681. The lowest BCUT2D eigenvalue weighted by atomic mass is 9.99. The molecular formula is C10H21N3O. The van der Waals surface area contributed by atoms with E-state index in [-0.39, 0.29) is 5.91 Å². The maximum Gasteiger partial charge on any atom is 0.236 e. The number of nitrogens with two attached hydrogens (primary N) is 1. The number of amides is 1. The molecule has 1 amide bonds. The van der Waals surface area contributed by atoms with Crippen molar-refractivity contribution in [3.05, 3.63) is 0 Å². The minimum atomic E-state index is 0.204. The normalized spacial score (nSPS) is 24.8. The fraction of sp³-hybridized carbons (Fsp3) is 0.900. The molecule has 4 heteroatoms. The topological polar surface area (TPSA) is 49.6 Å². The lowest BCUT2D eigenvalue weighted by Crippen LogP contribution is -2.57. The van der Waals surface area contributed by atoms with Gasteiger partial charge >= 0.3 is 0 Å². The van der Waals surface area contributed by atoms with Gasteiger partial charge in [0.15, 0.2) is 0 Å². The highest BCUT2D eigenvalue weighted by atomic mass is 16.2. The van der Waals surface area contributed by atoms with Crippen LogP contribution in [0.5, 0.6) is 0 Å². The van der Waals surface area contributed by atoms with Crippen LogP contribution in [0.15, 0.2) is 0 Å². The predicted molar refractivity (Wildman–Crippen MR) is 56.9 cm³/mol. The number of rotatable bonds is 3. The van der Waals surface area contributed by atoms with Crippen LogP contribution in [-0.2, 0) is 4.79 Å². The van der Waals surface area contributed by atoms with Gasteiger partial charge < -0.3 is 10.6 Å². The van der Waals surface area contributed by atoms with Gasteiger partial charge in [0.05, 0.1) is 6.54 Å². The summed E-state index contributed by atoms with van der Waals surface area (Å²) in [5.41, 5.74) is 5.54. The zero-order valence-corrected chi connectivity index (χ0v) is 9.36. The average Bonchev–Trinajstić information content (AvgIpc) is 2.11. The van der Waals surface area contributed by atoms with Crippen molar-refractivity contribution in [2.75, 3.05) is 33.2 Å². The van der Waals surface area contributed by atoms with Gasteiger partial charge in [0, 0.05) is 32.7 Å². The molecule has 1 aliphatic rings. The molecule has 0 aromatic carbocycles. The first-order valence-electron chi connectivity index (χ1n) is 5.24. The Hall–Kier alpha value is -0.610. The van der Waals surface area contributed by atoms with E-state index in [4.69, 9.17) is 5.73 Å². The molecule has 0 spiro atoms. The Morgan fingerprint density at radius 2 is 2.21 bits per heavy atom. The van der Waals surface area contributed by atoms with Gasteiger partial charge in [-0.25, -0.2) is 0 Å². The number of piperazine rings is 1. The molecule has 0 saturated carbocycles. The molecule has 82 valence electrons. The molecule has 1 heterocycles. The third-order valence-electron chi connectivity index (χ3n) is 2.88. The second-order valence-electron chi connectivity index (χ2n) is 4.34. The summed E-state index contributed by atoms with van der Waals surface area (Å²) in [5, 5.41) is 0. The molecule has 1 atom stereocenters.